The van der Waals surface area contributed by atoms with Crippen LogP contribution in [0.2, 0.25) is 0 Å². The van der Waals surface area contributed by atoms with Crippen molar-refractivity contribution in [1.82, 2.24) is 0 Å². The summed E-state index contributed by atoms with van der Waals surface area (Å²) in [6.45, 7) is 2.15. The number of allylic oxidation sites excluding steroid dienone is 2. The summed E-state index contributed by atoms with van der Waals surface area (Å²) in [5, 5.41) is 0. The number of fused-ring (bicyclic) bond motifs is 1. The molecule has 0 aliphatic heterocycles. The maximum atomic E-state index is 12.0. The van der Waals surface area contributed by atoms with Crippen molar-refractivity contribution >= 4 is 5.78 Å². The van der Waals surface area contributed by atoms with Gasteiger partial charge in [0.2, 0.25) is 0 Å². The van der Waals surface area contributed by atoms with Gasteiger partial charge in [0.25, 0.3) is 0 Å². The summed E-state index contributed by atoms with van der Waals surface area (Å²) in [6.07, 6.45) is 13.9. The molecular weight excluding hydrogens is 208 g/mol. The van der Waals surface area contributed by atoms with E-state index in [1.54, 1.807) is 5.57 Å². The Labute approximate surface area is 106 Å². The Bertz CT molecular complexity index is 301. The Morgan fingerprint density at radius 3 is 2.35 bits per heavy atom. The van der Waals surface area contributed by atoms with E-state index in [0.717, 1.165) is 12.8 Å². The van der Waals surface area contributed by atoms with E-state index in [4.69, 9.17) is 0 Å². The van der Waals surface area contributed by atoms with Gasteiger partial charge in [-0.2, -0.15) is 0 Å². The van der Waals surface area contributed by atoms with Crippen LogP contribution in [-0.2, 0) is 4.79 Å². The van der Waals surface area contributed by atoms with Crippen LogP contribution in [0.1, 0.15) is 77.6 Å². The topological polar surface area (TPSA) is 17.1 Å². The van der Waals surface area contributed by atoms with Gasteiger partial charge in [0.05, 0.1) is 0 Å². The van der Waals surface area contributed by atoms with Crippen LogP contribution in [0, 0.1) is 5.92 Å². The molecule has 1 heteroatoms. The van der Waals surface area contributed by atoms with Crippen LogP contribution in [0.5, 0.6) is 0 Å². The fourth-order valence-electron chi connectivity index (χ4n) is 3.54. The molecule has 2 rings (SSSR count). The predicted molar refractivity (Wildman–Crippen MR) is 72.0 cm³/mol. The lowest BCUT2D eigenvalue weighted by Gasteiger charge is -2.14. The molecular formula is C16H26O. The Balaban J connectivity index is 2.08. The maximum absolute atomic E-state index is 12.0. The highest BCUT2D eigenvalue weighted by Crippen LogP contribution is 2.38. The predicted octanol–water partition coefficient (Wildman–Crippen LogP) is 4.81. The van der Waals surface area contributed by atoms with Gasteiger partial charge >= 0.3 is 0 Å². The van der Waals surface area contributed by atoms with Crippen LogP contribution < -0.4 is 0 Å². The number of rotatable bonds is 1. The lowest BCUT2D eigenvalue weighted by atomic mass is 9.91. The van der Waals surface area contributed by atoms with Gasteiger partial charge in [-0.3, -0.25) is 4.79 Å². The standard InChI is InChI=1S/C16H26O/c1-2-14-15-11-9-7-5-3-4-6-8-10-13(15)12-16(14)17/h13H,2-12H2,1H3. The molecule has 1 saturated carbocycles. The first-order valence-corrected chi connectivity index (χ1v) is 7.58. The average Bonchev–Trinajstić information content (AvgIpc) is 2.59. The lowest BCUT2D eigenvalue weighted by Crippen LogP contribution is -2.01. The van der Waals surface area contributed by atoms with E-state index in [-0.39, 0.29) is 0 Å². The Morgan fingerprint density at radius 1 is 1.00 bits per heavy atom. The smallest absolute Gasteiger partial charge is 0.159 e. The van der Waals surface area contributed by atoms with Gasteiger partial charge in [0, 0.05) is 6.42 Å². The highest BCUT2D eigenvalue weighted by atomic mass is 16.1. The van der Waals surface area contributed by atoms with Gasteiger partial charge in [0.15, 0.2) is 5.78 Å². The monoisotopic (exact) mass is 234 g/mol. The molecule has 2 aliphatic carbocycles. The largest absolute Gasteiger partial charge is 0.295 e. The molecule has 1 fully saturated rings. The van der Waals surface area contributed by atoms with Gasteiger partial charge in [-0.25, -0.2) is 0 Å². The van der Waals surface area contributed by atoms with Gasteiger partial charge in [-0.05, 0) is 37.2 Å². The molecule has 0 aromatic rings. The summed E-state index contributed by atoms with van der Waals surface area (Å²) in [6, 6.07) is 0. The highest BCUT2D eigenvalue weighted by molar-refractivity contribution is 5.99. The number of carbonyl (C=O) groups is 1. The van der Waals surface area contributed by atoms with Crippen molar-refractivity contribution in [2.24, 2.45) is 5.92 Å². The first kappa shape index (κ1) is 12.9. The molecule has 1 unspecified atom stereocenters. The minimum atomic E-state index is 0.463. The van der Waals surface area contributed by atoms with Gasteiger partial charge in [-0.1, -0.05) is 51.0 Å². The third-order valence-corrected chi connectivity index (χ3v) is 4.50. The molecule has 0 heterocycles. The second-order valence-electron chi connectivity index (χ2n) is 5.70. The quantitative estimate of drug-likeness (QED) is 0.636. The average molecular weight is 234 g/mol. The van der Waals surface area contributed by atoms with E-state index in [0.29, 0.717) is 11.7 Å². The third kappa shape index (κ3) is 3.20. The van der Waals surface area contributed by atoms with E-state index >= 15 is 0 Å². The summed E-state index contributed by atoms with van der Waals surface area (Å²) in [7, 11) is 0. The first-order chi connectivity index (χ1) is 8.33. The Kier molecular flexibility index (Phi) is 4.82. The van der Waals surface area contributed by atoms with Gasteiger partial charge in [-0.15, -0.1) is 0 Å². The molecule has 0 aromatic carbocycles. The molecule has 0 amide bonds. The Morgan fingerprint density at radius 2 is 1.65 bits per heavy atom. The van der Waals surface area contributed by atoms with E-state index in [2.05, 4.69) is 6.92 Å². The molecule has 0 N–H and O–H groups in total. The van der Waals surface area contributed by atoms with Gasteiger partial charge < -0.3 is 0 Å². The number of Topliss-reactive ketones (excluding diaryl/α,β-unsaturated/α-hetero) is 1. The fourth-order valence-corrected chi connectivity index (χ4v) is 3.54. The van der Waals surface area contributed by atoms with Gasteiger partial charge in [0.1, 0.15) is 0 Å². The van der Waals surface area contributed by atoms with E-state index in [1.807, 2.05) is 0 Å². The lowest BCUT2D eigenvalue weighted by molar-refractivity contribution is -0.115. The van der Waals surface area contributed by atoms with E-state index < -0.39 is 0 Å². The molecule has 0 radical (unpaired) electrons. The van der Waals surface area contributed by atoms with Crippen LogP contribution in [-0.4, -0.2) is 5.78 Å². The highest BCUT2D eigenvalue weighted by Gasteiger charge is 2.29. The molecule has 0 spiro atoms. The van der Waals surface area contributed by atoms with E-state index in [1.165, 1.54) is 63.4 Å². The number of carbonyl (C=O) groups excluding carboxylic acids is 1. The summed E-state index contributed by atoms with van der Waals surface area (Å²) in [5.74, 6) is 1.08. The van der Waals surface area contributed by atoms with Crippen molar-refractivity contribution in [2.45, 2.75) is 77.6 Å². The summed E-state index contributed by atoms with van der Waals surface area (Å²) in [5.41, 5.74) is 2.76. The molecule has 17 heavy (non-hydrogen) atoms. The van der Waals surface area contributed by atoms with Crippen molar-refractivity contribution in [2.75, 3.05) is 0 Å². The Hall–Kier alpha value is -0.590. The van der Waals surface area contributed by atoms with E-state index in [9.17, 15) is 4.79 Å². The maximum Gasteiger partial charge on any atom is 0.159 e. The fraction of sp³-hybridized carbons (Fsp3) is 0.812. The van der Waals surface area contributed by atoms with Crippen LogP contribution in [0.25, 0.3) is 0 Å². The van der Waals surface area contributed by atoms with Crippen molar-refractivity contribution in [3.63, 3.8) is 0 Å². The third-order valence-electron chi connectivity index (χ3n) is 4.50. The summed E-state index contributed by atoms with van der Waals surface area (Å²) < 4.78 is 0. The van der Waals surface area contributed by atoms with Crippen LogP contribution in [0.4, 0.5) is 0 Å². The minimum Gasteiger partial charge on any atom is -0.295 e. The van der Waals surface area contributed by atoms with Crippen molar-refractivity contribution in [3.8, 4) is 0 Å². The zero-order chi connectivity index (χ0) is 12.1. The first-order valence-electron chi connectivity index (χ1n) is 7.58. The second kappa shape index (κ2) is 6.37. The normalized spacial score (nSPS) is 27.8. The van der Waals surface area contributed by atoms with Crippen molar-refractivity contribution in [1.29, 1.82) is 0 Å². The SMILES string of the molecule is CCC1=C2CCCCCCCCCC2CC1=O. The zero-order valence-corrected chi connectivity index (χ0v) is 11.3. The van der Waals surface area contributed by atoms with Crippen LogP contribution in [0.15, 0.2) is 11.1 Å². The summed E-state index contributed by atoms with van der Waals surface area (Å²) in [4.78, 5) is 12.0. The van der Waals surface area contributed by atoms with Crippen LogP contribution in [0.3, 0.4) is 0 Å². The molecule has 2 aliphatic rings. The molecule has 0 bridgehead atoms. The molecule has 96 valence electrons. The number of hydrogen-bond donors (Lipinski definition) is 0. The molecule has 0 aromatic heterocycles. The number of hydrogen-bond acceptors (Lipinski definition) is 1. The van der Waals surface area contributed by atoms with Crippen LogP contribution >= 0.6 is 0 Å². The summed E-state index contributed by atoms with van der Waals surface area (Å²) >= 11 is 0. The molecule has 1 atom stereocenters. The molecule has 1 nitrogen and oxygen atoms in total. The number of ketones is 1. The zero-order valence-electron chi connectivity index (χ0n) is 11.3. The molecule has 0 saturated heterocycles. The van der Waals surface area contributed by atoms with Crippen molar-refractivity contribution < 1.29 is 4.79 Å². The second-order valence-corrected chi connectivity index (χ2v) is 5.70. The van der Waals surface area contributed by atoms with Crippen molar-refractivity contribution in [3.05, 3.63) is 11.1 Å². The minimum absolute atomic E-state index is 0.463.